The van der Waals surface area contributed by atoms with Gasteiger partial charge in [0.15, 0.2) is 0 Å². The van der Waals surface area contributed by atoms with E-state index in [4.69, 9.17) is 9.47 Å². The molecule has 0 N–H and O–H groups in total. The molecule has 2 aliphatic rings. The van der Waals surface area contributed by atoms with Gasteiger partial charge >= 0.3 is 24.5 Å². The van der Waals surface area contributed by atoms with Crippen molar-refractivity contribution in [2.75, 3.05) is 23.0 Å². The van der Waals surface area contributed by atoms with E-state index in [0.29, 0.717) is 43.5 Å². The molecule has 1 aromatic carbocycles. The lowest BCUT2D eigenvalue weighted by Gasteiger charge is -2.48. The summed E-state index contributed by atoms with van der Waals surface area (Å²) < 4.78 is 92.9. The van der Waals surface area contributed by atoms with Crippen LogP contribution in [0, 0.1) is 0 Å². The Labute approximate surface area is 257 Å². The van der Waals surface area contributed by atoms with Crippen molar-refractivity contribution in [2.45, 2.75) is 103 Å². The molecule has 0 saturated carbocycles. The number of benzene rings is 1. The Morgan fingerprint density at radius 2 is 1.49 bits per heavy atom. The van der Waals surface area contributed by atoms with E-state index in [1.807, 2.05) is 13.8 Å². The Morgan fingerprint density at radius 3 is 1.91 bits per heavy atom. The molecule has 15 heteroatoms. The van der Waals surface area contributed by atoms with E-state index in [0.717, 1.165) is 0 Å². The maximum absolute atomic E-state index is 13.7. The topological polar surface area (TPSA) is 88.1 Å². The molecule has 0 spiro atoms. The van der Waals surface area contributed by atoms with Crippen molar-refractivity contribution in [1.82, 2.24) is 14.9 Å². The standard InChI is InChI=1S/C30H37F6N5O4/c1-6-21-13-23(14-22(7-2)41(21)27(43)45-28(3,4)5)40(25-37-15-24(16-38-25)39-8-9-44-26(39)42)17-18-10-19(29(31,32)33)12-20(11-18)30(34,35)36/h10-12,15-16,21-23H,6-9,13-14,17H2,1-5H3/t21-,22+,23?. The van der Waals surface area contributed by atoms with Gasteiger partial charge in [-0.2, -0.15) is 26.3 Å². The predicted molar refractivity (Wildman–Crippen MR) is 153 cm³/mol. The number of aromatic nitrogens is 2. The highest BCUT2D eigenvalue weighted by Gasteiger charge is 2.42. The van der Waals surface area contributed by atoms with E-state index in [1.165, 1.54) is 17.3 Å². The van der Waals surface area contributed by atoms with Crippen LogP contribution in [0.25, 0.3) is 0 Å². The summed E-state index contributed by atoms with van der Waals surface area (Å²) in [6, 6.07) is 0.343. The molecule has 3 heterocycles. The van der Waals surface area contributed by atoms with E-state index in [-0.39, 0.29) is 49.4 Å². The van der Waals surface area contributed by atoms with Gasteiger partial charge in [-0.25, -0.2) is 19.6 Å². The number of nitrogens with zero attached hydrogens (tertiary/aromatic N) is 5. The zero-order valence-electron chi connectivity index (χ0n) is 25.7. The first-order valence-corrected chi connectivity index (χ1v) is 14.7. The van der Waals surface area contributed by atoms with Crippen LogP contribution in [0.3, 0.4) is 0 Å². The summed E-state index contributed by atoms with van der Waals surface area (Å²) >= 11 is 0. The molecular formula is C30H37F6N5O4. The van der Waals surface area contributed by atoms with Gasteiger partial charge in [0.05, 0.1) is 35.8 Å². The summed E-state index contributed by atoms with van der Waals surface area (Å²) in [6.07, 6.45) is -6.65. The van der Waals surface area contributed by atoms with Gasteiger partial charge < -0.3 is 19.3 Å². The van der Waals surface area contributed by atoms with Crippen molar-refractivity contribution in [1.29, 1.82) is 0 Å². The highest BCUT2D eigenvalue weighted by atomic mass is 19.4. The van der Waals surface area contributed by atoms with E-state index in [1.54, 1.807) is 30.6 Å². The lowest BCUT2D eigenvalue weighted by Crippen LogP contribution is -2.57. The smallest absolute Gasteiger partial charge is 0.416 e. The number of alkyl halides is 6. The number of carbonyl (C=O) groups excluding carboxylic acids is 2. The van der Waals surface area contributed by atoms with Gasteiger partial charge in [-0.05, 0) is 70.2 Å². The first-order valence-electron chi connectivity index (χ1n) is 14.7. The van der Waals surface area contributed by atoms with Crippen molar-refractivity contribution in [2.24, 2.45) is 0 Å². The molecule has 2 aromatic rings. The monoisotopic (exact) mass is 645 g/mol. The van der Waals surface area contributed by atoms with Gasteiger partial charge in [-0.15, -0.1) is 0 Å². The highest BCUT2D eigenvalue weighted by molar-refractivity contribution is 5.88. The second kappa shape index (κ2) is 12.9. The molecule has 0 radical (unpaired) electrons. The summed E-state index contributed by atoms with van der Waals surface area (Å²) in [7, 11) is 0. The fraction of sp³-hybridized carbons (Fsp3) is 0.600. The number of carbonyl (C=O) groups is 2. The quantitative estimate of drug-likeness (QED) is 0.290. The van der Waals surface area contributed by atoms with Crippen LogP contribution < -0.4 is 9.80 Å². The number of halogens is 6. The van der Waals surface area contributed by atoms with Crippen LogP contribution in [0.5, 0.6) is 0 Å². The van der Waals surface area contributed by atoms with Crippen LogP contribution in [0.2, 0.25) is 0 Å². The van der Waals surface area contributed by atoms with Gasteiger partial charge in [-0.3, -0.25) is 4.90 Å². The third-order valence-electron chi connectivity index (χ3n) is 7.82. The molecule has 2 amide bonds. The molecule has 2 fully saturated rings. The maximum atomic E-state index is 13.7. The SMILES string of the molecule is CC[C@@H]1CC(N(Cc2cc(C(F)(F)F)cc(C(F)(F)F)c2)c2ncc(N3CCOC3=O)cn2)C[C@H](CC)N1C(=O)OC(C)(C)C. The Kier molecular flexibility index (Phi) is 9.78. The molecule has 1 aromatic heterocycles. The van der Waals surface area contributed by atoms with E-state index in [2.05, 4.69) is 9.97 Å². The fourth-order valence-corrected chi connectivity index (χ4v) is 5.74. The molecule has 2 aliphatic heterocycles. The molecule has 45 heavy (non-hydrogen) atoms. The number of likely N-dealkylation sites (tertiary alicyclic amines) is 1. The molecule has 2 saturated heterocycles. The normalized spacial score (nSPS) is 21.1. The Hall–Kier alpha value is -3.78. The van der Waals surface area contributed by atoms with Crippen molar-refractivity contribution in [3.63, 3.8) is 0 Å². The Balaban J connectivity index is 1.75. The van der Waals surface area contributed by atoms with E-state index in [9.17, 15) is 35.9 Å². The third-order valence-corrected chi connectivity index (χ3v) is 7.82. The number of hydrogen-bond donors (Lipinski definition) is 0. The minimum absolute atomic E-state index is 0.0534. The van der Waals surface area contributed by atoms with Crippen molar-refractivity contribution < 1.29 is 45.4 Å². The van der Waals surface area contributed by atoms with Crippen molar-refractivity contribution >= 4 is 23.8 Å². The van der Waals surface area contributed by atoms with Crippen molar-refractivity contribution in [3.8, 4) is 0 Å². The lowest BCUT2D eigenvalue weighted by atomic mass is 9.87. The average molecular weight is 646 g/mol. The second-order valence-corrected chi connectivity index (χ2v) is 12.2. The predicted octanol–water partition coefficient (Wildman–Crippen LogP) is 7.43. The van der Waals surface area contributed by atoms with Crippen LogP contribution in [-0.4, -0.2) is 63.9 Å². The Morgan fingerprint density at radius 1 is 0.956 bits per heavy atom. The van der Waals surface area contributed by atoms with Crippen LogP contribution in [-0.2, 0) is 28.4 Å². The summed E-state index contributed by atoms with van der Waals surface area (Å²) in [6.45, 7) is 9.14. The zero-order chi connectivity index (χ0) is 33.3. The highest BCUT2D eigenvalue weighted by Crippen LogP contribution is 2.38. The molecule has 0 aliphatic carbocycles. The minimum Gasteiger partial charge on any atom is -0.447 e. The third kappa shape index (κ3) is 8.09. The first kappa shape index (κ1) is 34.1. The second-order valence-electron chi connectivity index (χ2n) is 12.2. The summed E-state index contributed by atoms with van der Waals surface area (Å²) in [5, 5.41) is 0. The fourth-order valence-electron chi connectivity index (χ4n) is 5.74. The number of hydrogen-bond acceptors (Lipinski definition) is 7. The van der Waals surface area contributed by atoms with Crippen LogP contribution in [0.15, 0.2) is 30.6 Å². The summed E-state index contributed by atoms with van der Waals surface area (Å²) in [5.41, 5.74) is -3.49. The number of rotatable bonds is 7. The maximum Gasteiger partial charge on any atom is 0.416 e. The molecule has 0 bridgehead atoms. The van der Waals surface area contributed by atoms with Gasteiger partial charge in [0, 0.05) is 24.7 Å². The van der Waals surface area contributed by atoms with E-state index < -0.39 is 47.3 Å². The number of ether oxygens (including phenoxy) is 2. The zero-order valence-corrected chi connectivity index (χ0v) is 25.7. The van der Waals surface area contributed by atoms with Gasteiger partial charge in [-0.1, -0.05) is 13.8 Å². The Bertz CT molecular complexity index is 1320. The molecule has 9 nitrogen and oxygen atoms in total. The van der Waals surface area contributed by atoms with Crippen molar-refractivity contribution in [3.05, 3.63) is 47.3 Å². The molecule has 3 atom stereocenters. The molecule has 1 unspecified atom stereocenters. The van der Waals surface area contributed by atoms with Gasteiger partial charge in [0.25, 0.3) is 0 Å². The number of anilines is 2. The molecule has 4 rings (SSSR count). The summed E-state index contributed by atoms with van der Waals surface area (Å²) in [5.74, 6) is 0.0534. The van der Waals surface area contributed by atoms with Gasteiger partial charge in [0.2, 0.25) is 5.95 Å². The van der Waals surface area contributed by atoms with Crippen LogP contribution in [0.1, 0.15) is 77.0 Å². The number of cyclic esters (lactones) is 1. The first-order chi connectivity index (χ1) is 20.9. The van der Waals surface area contributed by atoms with E-state index >= 15 is 0 Å². The molecule has 248 valence electrons. The lowest BCUT2D eigenvalue weighted by molar-refractivity contribution is -0.143. The largest absolute Gasteiger partial charge is 0.447 e. The molecular weight excluding hydrogens is 608 g/mol. The average Bonchev–Trinajstić information content (AvgIpc) is 3.38. The van der Waals surface area contributed by atoms with Gasteiger partial charge in [0.1, 0.15) is 12.2 Å². The number of piperidine rings is 1. The minimum atomic E-state index is -5.01. The van der Waals surface area contributed by atoms with Crippen LogP contribution in [0.4, 0.5) is 47.6 Å². The summed E-state index contributed by atoms with van der Waals surface area (Å²) in [4.78, 5) is 38.7. The number of amides is 2. The van der Waals surface area contributed by atoms with Crippen LogP contribution >= 0.6 is 0 Å².